The van der Waals surface area contributed by atoms with Crippen LogP contribution in [0.4, 0.5) is 5.13 Å². The summed E-state index contributed by atoms with van der Waals surface area (Å²) in [7, 11) is 0. The van der Waals surface area contributed by atoms with E-state index in [1.54, 1.807) is 11.3 Å². The van der Waals surface area contributed by atoms with Gasteiger partial charge in [0.25, 0.3) is 0 Å². The molecular formula is C12H17ClN2O2S. The fraction of sp³-hybridized carbons (Fsp3) is 0.667. The Morgan fingerprint density at radius 2 is 2.56 bits per heavy atom. The predicted molar refractivity (Wildman–Crippen MR) is 73.2 cm³/mol. The third-order valence-corrected chi connectivity index (χ3v) is 4.21. The first-order valence-corrected chi connectivity index (χ1v) is 7.58. The van der Waals surface area contributed by atoms with Gasteiger partial charge in [-0.3, -0.25) is 4.79 Å². The maximum atomic E-state index is 11.7. The van der Waals surface area contributed by atoms with E-state index < -0.39 is 0 Å². The molecule has 1 aliphatic rings. The number of aromatic nitrogens is 1. The Balaban J connectivity index is 1.99. The van der Waals surface area contributed by atoms with Crippen LogP contribution in [-0.2, 0) is 15.4 Å². The molecule has 0 saturated carbocycles. The maximum Gasteiger partial charge on any atom is 0.310 e. The number of carbonyl (C=O) groups is 1. The number of nitrogens with zero attached hydrogens (tertiary/aromatic N) is 2. The van der Waals surface area contributed by atoms with Crippen molar-refractivity contribution in [2.24, 2.45) is 5.92 Å². The summed E-state index contributed by atoms with van der Waals surface area (Å²) in [6.45, 7) is 3.94. The summed E-state index contributed by atoms with van der Waals surface area (Å²) in [5.74, 6) is 0.324. The molecule has 4 nitrogen and oxygen atoms in total. The minimum atomic E-state index is -0.0867. The van der Waals surface area contributed by atoms with Crippen LogP contribution in [0.3, 0.4) is 0 Å². The van der Waals surface area contributed by atoms with Gasteiger partial charge in [-0.25, -0.2) is 4.98 Å². The van der Waals surface area contributed by atoms with Crippen molar-refractivity contribution >= 4 is 34.0 Å². The van der Waals surface area contributed by atoms with Crippen LogP contribution in [0, 0.1) is 5.92 Å². The van der Waals surface area contributed by atoms with E-state index in [4.69, 9.17) is 16.3 Å². The van der Waals surface area contributed by atoms with Crippen molar-refractivity contribution in [3.63, 3.8) is 0 Å². The highest BCUT2D eigenvalue weighted by molar-refractivity contribution is 7.13. The van der Waals surface area contributed by atoms with Gasteiger partial charge in [0, 0.05) is 18.5 Å². The number of esters is 1. The van der Waals surface area contributed by atoms with Crippen molar-refractivity contribution in [1.29, 1.82) is 0 Å². The van der Waals surface area contributed by atoms with Crippen molar-refractivity contribution in [2.45, 2.75) is 25.6 Å². The van der Waals surface area contributed by atoms with Crippen LogP contribution in [0.5, 0.6) is 0 Å². The van der Waals surface area contributed by atoms with Gasteiger partial charge in [0.1, 0.15) is 0 Å². The molecule has 0 radical (unpaired) electrons. The summed E-state index contributed by atoms with van der Waals surface area (Å²) in [5, 5.41) is 2.93. The highest BCUT2D eigenvalue weighted by Gasteiger charge is 2.28. The lowest BCUT2D eigenvalue weighted by molar-refractivity contribution is -0.148. The molecule has 0 aliphatic carbocycles. The first-order chi connectivity index (χ1) is 8.74. The van der Waals surface area contributed by atoms with E-state index in [1.807, 2.05) is 12.3 Å². The number of piperidine rings is 1. The summed E-state index contributed by atoms with van der Waals surface area (Å²) >= 11 is 7.34. The standard InChI is InChI=1S/C12H17ClN2O2S/c1-2-17-11(16)9-4-3-5-15(7-9)12-14-10(6-13)8-18-12/h8-9H,2-7H2,1H3. The van der Waals surface area contributed by atoms with E-state index in [9.17, 15) is 4.79 Å². The Bertz CT molecular complexity index is 411. The van der Waals surface area contributed by atoms with Crippen LogP contribution in [0.25, 0.3) is 0 Å². The van der Waals surface area contributed by atoms with Gasteiger partial charge in [-0.1, -0.05) is 0 Å². The van der Waals surface area contributed by atoms with Gasteiger partial charge in [-0.15, -0.1) is 22.9 Å². The van der Waals surface area contributed by atoms with Gasteiger partial charge in [0.15, 0.2) is 5.13 Å². The summed E-state index contributed by atoms with van der Waals surface area (Å²) in [6.07, 6.45) is 1.91. The third-order valence-electron chi connectivity index (χ3n) is 2.99. The molecule has 0 amide bonds. The van der Waals surface area contributed by atoms with Gasteiger partial charge in [-0.2, -0.15) is 0 Å². The topological polar surface area (TPSA) is 42.4 Å². The first kappa shape index (κ1) is 13.6. The summed E-state index contributed by atoms with van der Waals surface area (Å²) < 4.78 is 5.09. The largest absolute Gasteiger partial charge is 0.466 e. The minimum Gasteiger partial charge on any atom is -0.466 e. The number of hydrogen-bond acceptors (Lipinski definition) is 5. The van der Waals surface area contributed by atoms with E-state index in [0.717, 1.165) is 30.2 Å². The summed E-state index contributed by atoms with van der Waals surface area (Å²) in [6, 6.07) is 0. The Morgan fingerprint density at radius 1 is 1.72 bits per heavy atom. The number of rotatable bonds is 4. The molecule has 0 bridgehead atoms. The average molecular weight is 289 g/mol. The Morgan fingerprint density at radius 3 is 3.22 bits per heavy atom. The van der Waals surface area contributed by atoms with Crippen molar-refractivity contribution < 1.29 is 9.53 Å². The number of halogens is 1. The second kappa shape index (κ2) is 6.38. The lowest BCUT2D eigenvalue weighted by Gasteiger charge is -2.31. The van der Waals surface area contributed by atoms with Gasteiger partial charge >= 0.3 is 5.97 Å². The molecule has 0 aromatic carbocycles. The highest BCUT2D eigenvalue weighted by atomic mass is 35.5. The van der Waals surface area contributed by atoms with Crippen LogP contribution in [0.1, 0.15) is 25.5 Å². The lowest BCUT2D eigenvalue weighted by Crippen LogP contribution is -2.39. The zero-order valence-corrected chi connectivity index (χ0v) is 12.0. The van der Waals surface area contributed by atoms with Crippen LogP contribution >= 0.6 is 22.9 Å². The number of carbonyl (C=O) groups excluding carboxylic acids is 1. The van der Waals surface area contributed by atoms with E-state index >= 15 is 0 Å². The Kier molecular flexibility index (Phi) is 4.83. The molecule has 1 saturated heterocycles. The second-order valence-corrected chi connectivity index (χ2v) is 5.40. The van der Waals surface area contributed by atoms with Crippen molar-refractivity contribution in [3.05, 3.63) is 11.1 Å². The fourth-order valence-corrected chi connectivity index (χ4v) is 3.20. The van der Waals surface area contributed by atoms with Gasteiger partial charge in [0.05, 0.1) is 24.1 Å². The summed E-state index contributed by atoms with van der Waals surface area (Å²) in [5.41, 5.74) is 0.898. The van der Waals surface area contributed by atoms with Crippen LogP contribution in [0.2, 0.25) is 0 Å². The molecule has 1 aliphatic heterocycles. The molecule has 1 aromatic heterocycles. The summed E-state index contributed by atoms with van der Waals surface area (Å²) in [4.78, 5) is 18.4. The fourth-order valence-electron chi connectivity index (χ4n) is 2.11. The number of anilines is 1. The van der Waals surface area contributed by atoms with E-state index in [2.05, 4.69) is 9.88 Å². The number of ether oxygens (including phenoxy) is 1. The molecule has 2 heterocycles. The number of hydrogen-bond donors (Lipinski definition) is 0. The first-order valence-electron chi connectivity index (χ1n) is 6.16. The molecular weight excluding hydrogens is 272 g/mol. The maximum absolute atomic E-state index is 11.7. The predicted octanol–water partition coefficient (Wildman–Crippen LogP) is 2.66. The zero-order chi connectivity index (χ0) is 13.0. The number of thiazole rings is 1. The van der Waals surface area contributed by atoms with E-state index in [-0.39, 0.29) is 11.9 Å². The normalized spacial score (nSPS) is 19.9. The lowest BCUT2D eigenvalue weighted by atomic mass is 9.99. The van der Waals surface area contributed by atoms with Gasteiger partial charge in [0.2, 0.25) is 0 Å². The second-order valence-electron chi connectivity index (χ2n) is 4.29. The molecule has 0 N–H and O–H groups in total. The van der Waals surface area contributed by atoms with E-state index in [1.165, 1.54) is 0 Å². The van der Waals surface area contributed by atoms with E-state index in [0.29, 0.717) is 19.0 Å². The van der Waals surface area contributed by atoms with Crippen LogP contribution < -0.4 is 4.90 Å². The zero-order valence-electron chi connectivity index (χ0n) is 10.4. The highest BCUT2D eigenvalue weighted by Crippen LogP contribution is 2.27. The van der Waals surface area contributed by atoms with Crippen molar-refractivity contribution in [1.82, 2.24) is 4.98 Å². The molecule has 2 rings (SSSR count). The van der Waals surface area contributed by atoms with Gasteiger partial charge in [-0.05, 0) is 19.8 Å². The monoisotopic (exact) mass is 288 g/mol. The molecule has 1 atom stereocenters. The van der Waals surface area contributed by atoms with Crippen molar-refractivity contribution in [3.8, 4) is 0 Å². The molecule has 1 fully saturated rings. The molecule has 1 aromatic rings. The minimum absolute atomic E-state index is 0.0259. The molecule has 100 valence electrons. The number of alkyl halides is 1. The SMILES string of the molecule is CCOC(=O)C1CCCN(c2nc(CCl)cs2)C1. The van der Waals surface area contributed by atoms with Crippen LogP contribution in [-0.4, -0.2) is 30.6 Å². The quantitative estimate of drug-likeness (QED) is 0.631. The molecule has 0 spiro atoms. The Labute approximate surface area is 116 Å². The Hall–Kier alpha value is -0.810. The third kappa shape index (κ3) is 3.14. The van der Waals surface area contributed by atoms with Crippen molar-refractivity contribution in [2.75, 3.05) is 24.6 Å². The smallest absolute Gasteiger partial charge is 0.310 e. The van der Waals surface area contributed by atoms with Crippen LogP contribution in [0.15, 0.2) is 5.38 Å². The molecule has 6 heteroatoms. The van der Waals surface area contributed by atoms with Gasteiger partial charge < -0.3 is 9.64 Å². The molecule has 18 heavy (non-hydrogen) atoms. The molecule has 1 unspecified atom stereocenters. The average Bonchev–Trinajstić information content (AvgIpc) is 2.88.